The molecule has 0 aromatic heterocycles. The lowest BCUT2D eigenvalue weighted by molar-refractivity contribution is 0.0864. The Balaban J connectivity index is 1.37. The number of hydrogen-bond donors (Lipinski definition) is 0. The van der Waals surface area contributed by atoms with Crippen molar-refractivity contribution in [3.63, 3.8) is 0 Å². The summed E-state index contributed by atoms with van der Waals surface area (Å²) in [6.07, 6.45) is 0. The molecule has 30 heavy (non-hydrogen) atoms. The molecule has 0 bridgehead atoms. The predicted octanol–water partition coefficient (Wildman–Crippen LogP) is 4.47. The fraction of sp³-hybridized carbons (Fsp3) is 0.280. The number of hydrogen-bond acceptors (Lipinski definition) is 4. The molecule has 1 aliphatic heterocycles. The molecular weight excluding hydrogens is 379 g/mol. The van der Waals surface area contributed by atoms with Gasteiger partial charge in [0.15, 0.2) is 0 Å². The molecule has 0 atom stereocenters. The number of ether oxygens (including phenoxy) is 2. The van der Waals surface area contributed by atoms with Crippen molar-refractivity contribution in [3.05, 3.63) is 90.7 Å². The zero-order valence-electron chi connectivity index (χ0n) is 17.0. The molecule has 3 aromatic carbocycles. The SMILES string of the molecule is Fc1ccc(N2CCN(C(COc3ccccc3)COc3ccccc3)CC2)cc1. The Morgan fingerprint density at radius 2 is 1.17 bits per heavy atom. The van der Waals surface area contributed by atoms with Crippen LogP contribution in [0.1, 0.15) is 0 Å². The van der Waals surface area contributed by atoms with E-state index in [1.807, 2.05) is 72.8 Å². The van der Waals surface area contributed by atoms with E-state index in [9.17, 15) is 4.39 Å². The van der Waals surface area contributed by atoms with Gasteiger partial charge in [-0.1, -0.05) is 36.4 Å². The van der Waals surface area contributed by atoms with Gasteiger partial charge >= 0.3 is 0 Å². The van der Waals surface area contributed by atoms with Crippen LogP contribution in [0.4, 0.5) is 10.1 Å². The van der Waals surface area contributed by atoms with Crippen molar-refractivity contribution in [1.82, 2.24) is 4.90 Å². The monoisotopic (exact) mass is 406 g/mol. The molecule has 3 aromatic rings. The third-order valence-electron chi connectivity index (χ3n) is 5.39. The molecular formula is C25H27FN2O2. The second kappa shape index (κ2) is 10.1. The van der Waals surface area contributed by atoms with Crippen molar-refractivity contribution >= 4 is 5.69 Å². The van der Waals surface area contributed by atoms with Gasteiger partial charge in [0.2, 0.25) is 0 Å². The van der Waals surface area contributed by atoms with Crippen LogP contribution < -0.4 is 14.4 Å². The summed E-state index contributed by atoms with van der Waals surface area (Å²) in [5.74, 6) is 1.54. The zero-order chi connectivity index (χ0) is 20.6. The van der Waals surface area contributed by atoms with Crippen molar-refractivity contribution in [3.8, 4) is 11.5 Å². The fourth-order valence-electron chi connectivity index (χ4n) is 3.67. The van der Waals surface area contributed by atoms with Gasteiger partial charge in [-0.15, -0.1) is 0 Å². The molecule has 0 aliphatic carbocycles. The smallest absolute Gasteiger partial charge is 0.123 e. The van der Waals surface area contributed by atoms with Crippen LogP contribution in [0, 0.1) is 5.82 Å². The maximum Gasteiger partial charge on any atom is 0.123 e. The number of benzene rings is 3. The highest BCUT2D eigenvalue weighted by Gasteiger charge is 2.25. The van der Waals surface area contributed by atoms with Crippen LogP contribution in [-0.4, -0.2) is 50.3 Å². The van der Waals surface area contributed by atoms with Gasteiger partial charge in [-0.3, -0.25) is 4.90 Å². The van der Waals surface area contributed by atoms with Gasteiger partial charge in [-0.25, -0.2) is 4.39 Å². The molecule has 5 heteroatoms. The fourth-order valence-corrected chi connectivity index (χ4v) is 3.67. The van der Waals surface area contributed by atoms with E-state index >= 15 is 0 Å². The highest BCUT2D eigenvalue weighted by Crippen LogP contribution is 2.19. The van der Waals surface area contributed by atoms with Crippen molar-refractivity contribution in [2.45, 2.75) is 6.04 Å². The summed E-state index contributed by atoms with van der Waals surface area (Å²) in [5.41, 5.74) is 1.06. The minimum Gasteiger partial charge on any atom is -0.492 e. The zero-order valence-corrected chi connectivity index (χ0v) is 17.0. The molecule has 4 nitrogen and oxygen atoms in total. The number of rotatable bonds is 8. The van der Waals surface area contributed by atoms with Gasteiger partial charge in [0, 0.05) is 31.9 Å². The molecule has 0 N–H and O–H groups in total. The second-order valence-corrected chi connectivity index (χ2v) is 7.40. The number of piperazine rings is 1. The van der Waals surface area contributed by atoms with Gasteiger partial charge in [-0.2, -0.15) is 0 Å². The Bertz CT molecular complexity index is 839. The van der Waals surface area contributed by atoms with Crippen LogP contribution in [0.3, 0.4) is 0 Å². The molecule has 0 saturated carbocycles. The van der Waals surface area contributed by atoms with E-state index in [4.69, 9.17) is 9.47 Å². The molecule has 1 aliphatic rings. The summed E-state index contributed by atoms with van der Waals surface area (Å²) in [4.78, 5) is 4.72. The molecule has 1 saturated heterocycles. The van der Waals surface area contributed by atoms with Crippen LogP contribution in [-0.2, 0) is 0 Å². The van der Waals surface area contributed by atoms with Crippen LogP contribution in [0.25, 0.3) is 0 Å². The topological polar surface area (TPSA) is 24.9 Å². The Morgan fingerprint density at radius 1 is 0.667 bits per heavy atom. The molecule has 0 radical (unpaired) electrons. The van der Waals surface area contributed by atoms with Gasteiger partial charge in [0.25, 0.3) is 0 Å². The molecule has 0 spiro atoms. The van der Waals surface area contributed by atoms with Crippen LogP contribution in [0.15, 0.2) is 84.9 Å². The average molecular weight is 407 g/mol. The first-order valence-corrected chi connectivity index (χ1v) is 10.4. The highest BCUT2D eigenvalue weighted by atomic mass is 19.1. The molecule has 0 unspecified atom stereocenters. The Labute approximate surface area is 177 Å². The molecule has 1 heterocycles. The van der Waals surface area contributed by atoms with Crippen molar-refractivity contribution in [2.24, 2.45) is 0 Å². The van der Waals surface area contributed by atoms with Gasteiger partial charge in [-0.05, 0) is 48.5 Å². The van der Waals surface area contributed by atoms with E-state index in [0.717, 1.165) is 43.4 Å². The summed E-state index contributed by atoms with van der Waals surface area (Å²) in [5, 5.41) is 0. The minimum absolute atomic E-state index is 0.140. The maximum atomic E-state index is 13.2. The van der Waals surface area contributed by atoms with Crippen LogP contribution in [0.5, 0.6) is 11.5 Å². The number of anilines is 1. The van der Waals surface area contributed by atoms with E-state index in [0.29, 0.717) is 13.2 Å². The van der Waals surface area contributed by atoms with E-state index in [1.54, 1.807) is 0 Å². The summed E-state index contributed by atoms with van der Waals surface area (Å²) >= 11 is 0. The normalized spacial score (nSPS) is 14.7. The largest absolute Gasteiger partial charge is 0.492 e. The van der Waals surface area contributed by atoms with E-state index < -0.39 is 0 Å². The van der Waals surface area contributed by atoms with E-state index in [1.165, 1.54) is 12.1 Å². The van der Waals surface area contributed by atoms with Crippen molar-refractivity contribution in [2.75, 3.05) is 44.3 Å². The van der Waals surface area contributed by atoms with Crippen LogP contribution in [0.2, 0.25) is 0 Å². The standard InChI is InChI=1S/C25H27FN2O2/c26-21-11-13-22(14-12-21)27-15-17-28(18-16-27)23(19-29-24-7-3-1-4-8-24)20-30-25-9-5-2-6-10-25/h1-14,23H,15-20H2. The lowest BCUT2D eigenvalue weighted by Gasteiger charge is -2.40. The van der Waals surface area contributed by atoms with Gasteiger partial charge in [0.05, 0.1) is 6.04 Å². The molecule has 156 valence electrons. The average Bonchev–Trinajstić information content (AvgIpc) is 2.81. The molecule has 0 amide bonds. The van der Waals surface area contributed by atoms with Gasteiger partial charge < -0.3 is 14.4 Å². The lowest BCUT2D eigenvalue weighted by Crippen LogP contribution is -2.53. The second-order valence-electron chi connectivity index (χ2n) is 7.40. The van der Waals surface area contributed by atoms with Crippen molar-refractivity contribution < 1.29 is 13.9 Å². The highest BCUT2D eigenvalue weighted by molar-refractivity contribution is 5.46. The van der Waals surface area contributed by atoms with E-state index in [2.05, 4.69) is 9.80 Å². The van der Waals surface area contributed by atoms with E-state index in [-0.39, 0.29) is 11.9 Å². The number of para-hydroxylation sites is 2. The third kappa shape index (κ3) is 5.51. The molecule has 4 rings (SSSR count). The Kier molecular flexibility index (Phi) is 6.83. The molecule has 1 fully saturated rings. The third-order valence-corrected chi connectivity index (χ3v) is 5.39. The summed E-state index contributed by atoms with van der Waals surface area (Å²) in [7, 11) is 0. The first kappa shape index (κ1) is 20.2. The maximum absolute atomic E-state index is 13.2. The summed E-state index contributed by atoms with van der Waals surface area (Å²) in [6, 6.07) is 26.6. The predicted molar refractivity (Wildman–Crippen MR) is 118 cm³/mol. The van der Waals surface area contributed by atoms with Crippen molar-refractivity contribution in [1.29, 1.82) is 0 Å². The summed E-state index contributed by atoms with van der Waals surface area (Å²) < 4.78 is 25.3. The first-order valence-electron chi connectivity index (χ1n) is 10.4. The number of nitrogens with zero attached hydrogens (tertiary/aromatic N) is 2. The minimum atomic E-state index is -0.200. The quantitative estimate of drug-likeness (QED) is 0.551. The number of halogens is 1. The van der Waals surface area contributed by atoms with Crippen LogP contribution >= 0.6 is 0 Å². The lowest BCUT2D eigenvalue weighted by atomic mass is 10.2. The van der Waals surface area contributed by atoms with Gasteiger partial charge in [0.1, 0.15) is 30.5 Å². The Morgan fingerprint density at radius 3 is 1.67 bits per heavy atom. The summed E-state index contributed by atoms with van der Waals surface area (Å²) in [6.45, 7) is 4.70. The first-order chi connectivity index (χ1) is 14.8. The Hall–Kier alpha value is -3.05.